The Kier molecular flexibility index (Phi) is 6.41. The normalized spacial score (nSPS) is 10.4. The molecule has 0 radical (unpaired) electrons. The van der Waals surface area contributed by atoms with Crippen molar-refractivity contribution in [2.75, 3.05) is 23.7 Å². The molecule has 3 aromatic rings. The molecule has 7 heteroatoms. The summed E-state index contributed by atoms with van der Waals surface area (Å²) in [7, 11) is 0. The number of benzene rings is 1. The molecule has 0 aliphatic carbocycles. The second kappa shape index (κ2) is 9.16. The van der Waals surface area contributed by atoms with Crippen LogP contribution >= 0.6 is 11.6 Å². The van der Waals surface area contributed by atoms with Crippen LogP contribution < -0.4 is 10.6 Å². The molecule has 0 aliphatic heterocycles. The van der Waals surface area contributed by atoms with Gasteiger partial charge in [-0.3, -0.25) is 0 Å². The summed E-state index contributed by atoms with van der Waals surface area (Å²) < 4.78 is 0. The Bertz CT molecular complexity index is 995. The Morgan fingerprint density at radius 3 is 2.54 bits per heavy atom. The number of halogens is 1. The molecule has 2 N–H and O–H groups in total. The fourth-order valence-corrected chi connectivity index (χ4v) is 2.86. The molecule has 6 nitrogen and oxygen atoms in total. The molecule has 142 valence electrons. The number of hydrogen-bond donors (Lipinski definition) is 2. The summed E-state index contributed by atoms with van der Waals surface area (Å²) in [6, 6.07) is 13.2. The molecule has 0 bridgehead atoms. The predicted molar refractivity (Wildman–Crippen MR) is 113 cm³/mol. The number of hydrogen-bond acceptors (Lipinski definition) is 6. The fraction of sp³-hybridized carbons (Fsp3) is 0.238. The zero-order valence-electron chi connectivity index (χ0n) is 15.8. The molecule has 28 heavy (non-hydrogen) atoms. The van der Waals surface area contributed by atoms with E-state index in [1.54, 1.807) is 18.3 Å². The largest absolute Gasteiger partial charge is 0.370 e. The van der Waals surface area contributed by atoms with Gasteiger partial charge < -0.3 is 10.6 Å². The van der Waals surface area contributed by atoms with Crippen LogP contribution in [-0.4, -0.2) is 28.0 Å². The van der Waals surface area contributed by atoms with Gasteiger partial charge in [0.05, 0.1) is 10.6 Å². The van der Waals surface area contributed by atoms with Crippen molar-refractivity contribution in [1.29, 1.82) is 5.26 Å². The van der Waals surface area contributed by atoms with Crippen LogP contribution in [0.1, 0.15) is 23.2 Å². The number of nitriles is 1. The topological polar surface area (TPSA) is 86.5 Å². The number of rotatable bonds is 7. The van der Waals surface area contributed by atoms with Gasteiger partial charge in [0.2, 0.25) is 0 Å². The van der Waals surface area contributed by atoms with Crippen molar-refractivity contribution < 1.29 is 0 Å². The number of nitrogens with one attached hydrogen (secondary N) is 2. The molecule has 0 amide bonds. The minimum Gasteiger partial charge on any atom is -0.370 e. The van der Waals surface area contributed by atoms with Crippen molar-refractivity contribution in [2.24, 2.45) is 0 Å². The van der Waals surface area contributed by atoms with Crippen molar-refractivity contribution in [1.82, 2.24) is 15.0 Å². The molecule has 1 aromatic carbocycles. The first kappa shape index (κ1) is 19.6. The second-order valence-electron chi connectivity index (χ2n) is 6.34. The Balaban J connectivity index is 1.59. The van der Waals surface area contributed by atoms with E-state index in [1.165, 1.54) is 0 Å². The molecular weight excluding hydrogens is 372 g/mol. The molecule has 2 heterocycles. The highest BCUT2D eigenvalue weighted by Gasteiger charge is 2.11. The van der Waals surface area contributed by atoms with Gasteiger partial charge in [-0.2, -0.15) is 5.26 Å². The number of anilines is 2. The van der Waals surface area contributed by atoms with E-state index in [2.05, 4.69) is 31.7 Å². The molecule has 0 saturated carbocycles. The van der Waals surface area contributed by atoms with Gasteiger partial charge in [-0.05, 0) is 44.5 Å². The average molecular weight is 393 g/mol. The lowest BCUT2D eigenvalue weighted by molar-refractivity contribution is 0.893. The highest BCUT2D eigenvalue weighted by Crippen LogP contribution is 2.27. The van der Waals surface area contributed by atoms with Crippen LogP contribution in [0.3, 0.4) is 0 Å². The number of pyridine rings is 1. The minimum atomic E-state index is 0.552. The van der Waals surface area contributed by atoms with E-state index in [0.717, 1.165) is 48.0 Å². The molecule has 2 aromatic heterocycles. The third-order valence-electron chi connectivity index (χ3n) is 4.35. The van der Waals surface area contributed by atoms with Crippen molar-refractivity contribution in [3.63, 3.8) is 0 Å². The van der Waals surface area contributed by atoms with Crippen molar-refractivity contribution in [2.45, 2.75) is 20.3 Å². The van der Waals surface area contributed by atoms with Crippen LogP contribution in [0.15, 0.2) is 42.6 Å². The summed E-state index contributed by atoms with van der Waals surface area (Å²) in [5.74, 6) is 2.20. The summed E-state index contributed by atoms with van der Waals surface area (Å²) in [6.07, 6.45) is 2.44. The maximum atomic E-state index is 8.80. The van der Waals surface area contributed by atoms with Gasteiger partial charge in [0.25, 0.3) is 0 Å². The number of aromatic nitrogens is 3. The molecule has 0 atom stereocenters. The van der Waals surface area contributed by atoms with E-state index in [-0.39, 0.29) is 0 Å². The molecule has 0 aliphatic rings. The third-order valence-corrected chi connectivity index (χ3v) is 4.68. The van der Waals surface area contributed by atoms with E-state index in [1.807, 2.05) is 38.1 Å². The fourth-order valence-electron chi connectivity index (χ4n) is 2.64. The highest BCUT2D eigenvalue weighted by molar-refractivity contribution is 6.33. The monoisotopic (exact) mass is 392 g/mol. The summed E-state index contributed by atoms with van der Waals surface area (Å²) in [5, 5.41) is 16.1. The number of nitrogens with zero attached hydrogens (tertiary/aromatic N) is 4. The summed E-state index contributed by atoms with van der Waals surface area (Å²) in [4.78, 5) is 13.4. The highest BCUT2D eigenvalue weighted by atomic mass is 35.5. The zero-order chi connectivity index (χ0) is 19.9. The third kappa shape index (κ3) is 4.76. The van der Waals surface area contributed by atoms with Gasteiger partial charge in [-0.1, -0.05) is 23.7 Å². The molecule has 0 saturated heterocycles. The number of aryl methyl sites for hydroxylation is 1. The Labute approximate surface area is 169 Å². The van der Waals surface area contributed by atoms with Crippen molar-refractivity contribution >= 4 is 23.2 Å². The smallest absolute Gasteiger partial charge is 0.163 e. The van der Waals surface area contributed by atoms with Gasteiger partial charge in [0.15, 0.2) is 5.82 Å². The maximum Gasteiger partial charge on any atom is 0.163 e. The van der Waals surface area contributed by atoms with Gasteiger partial charge >= 0.3 is 0 Å². The first-order valence-corrected chi connectivity index (χ1v) is 9.40. The van der Waals surface area contributed by atoms with Gasteiger partial charge in [-0.15, -0.1) is 0 Å². The molecule has 3 rings (SSSR count). The lowest BCUT2D eigenvalue weighted by Gasteiger charge is -2.13. The van der Waals surface area contributed by atoms with Crippen LogP contribution in [0.2, 0.25) is 5.02 Å². The summed E-state index contributed by atoms with van der Waals surface area (Å²) in [5.41, 5.74) is 3.32. The van der Waals surface area contributed by atoms with Gasteiger partial charge in [0.1, 0.15) is 17.7 Å². The standard InChI is InChI=1S/C21H21ClN6/c1-14-15(2)27-21(17-6-3-4-7-18(17)22)28-20(14)25-11-5-10-24-19-9-8-16(12-23)13-26-19/h3-4,6-9,13H,5,10-11H2,1-2H3,(H,24,26)(H,25,27,28). The molecule has 0 spiro atoms. The molecule has 0 unspecified atom stereocenters. The van der Waals surface area contributed by atoms with E-state index >= 15 is 0 Å². The lowest BCUT2D eigenvalue weighted by atomic mass is 10.2. The van der Waals surface area contributed by atoms with Crippen LogP contribution in [0.25, 0.3) is 11.4 Å². The summed E-state index contributed by atoms with van der Waals surface area (Å²) >= 11 is 6.29. The Hall–Kier alpha value is -3.17. The first-order valence-electron chi connectivity index (χ1n) is 9.02. The van der Waals surface area contributed by atoms with Crippen LogP contribution in [0.5, 0.6) is 0 Å². The van der Waals surface area contributed by atoms with Gasteiger partial charge in [0, 0.05) is 36.1 Å². The van der Waals surface area contributed by atoms with E-state index in [4.69, 9.17) is 16.9 Å². The van der Waals surface area contributed by atoms with Crippen molar-refractivity contribution in [3.8, 4) is 17.5 Å². The summed E-state index contributed by atoms with van der Waals surface area (Å²) in [6.45, 7) is 5.49. The second-order valence-corrected chi connectivity index (χ2v) is 6.74. The average Bonchev–Trinajstić information content (AvgIpc) is 2.71. The Morgan fingerprint density at radius 2 is 1.82 bits per heavy atom. The van der Waals surface area contributed by atoms with Gasteiger partial charge in [-0.25, -0.2) is 15.0 Å². The lowest BCUT2D eigenvalue weighted by Crippen LogP contribution is -2.12. The Morgan fingerprint density at radius 1 is 1.04 bits per heavy atom. The maximum absolute atomic E-state index is 8.80. The first-order chi connectivity index (χ1) is 13.6. The van der Waals surface area contributed by atoms with Crippen molar-refractivity contribution in [3.05, 3.63) is 64.4 Å². The van der Waals surface area contributed by atoms with E-state index in [9.17, 15) is 0 Å². The van der Waals surface area contributed by atoms with E-state index < -0.39 is 0 Å². The van der Waals surface area contributed by atoms with Crippen LogP contribution in [-0.2, 0) is 0 Å². The predicted octanol–water partition coefficient (Wildman–Crippen LogP) is 4.59. The molecule has 0 fully saturated rings. The van der Waals surface area contributed by atoms with Crippen LogP contribution in [0, 0.1) is 25.2 Å². The quantitative estimate of drug-likeness (QED) is 0.571. The minimum absolute atomic E-state index is 0.552. The van der Waals surface area contributed by atoms with E-state index in [0.29, 0.717) is 16.4 Å². The zero-order valence-corrected chi connectivity index (χ0v) is 16.6. The SMILES string of the molecule is Cc1nc(-c2ccccc2Cl)nc(NCCCNc2ccc(C#N)cn2)c1C. The molecular formula is C21H21ClN6. The van der Waals surface area contributed by atoms with Crippen LogP contribution in [0.4, 0.5) is 11.6 Å².